The van der Waals surface area contributed by atoms with Gasteiger partial charge in [0.1, 0.15) is 12.0 Å². The molecule has 1 amide bonds. The number of nitrogens with zero attached hydrogens (tertiary/aromatic N) is 5. The zero-order valence-corrected chi connectivity index (χ0v) is 15.1. The van der Waals surface area contributed by atoms with Crippen molar-refractivity contribution in [1.29, 1.82) is 0 Å². The summed E-state index contributed by atoms with van der Waals surface area (Å²) in [6, 6.07) is 5.71. The van der Waals surface area contributed by atoms with E-state index in [4.69, 9.17) is 23.2 Å². The van der Waals surface area contributed by atoms with Crippen molar-refractivity contribution in [2.24, 2.45) is 7.05 Å². The van der Waals surface area contributed by atoms with Crippen molar-refractivity contribution in [3.63, 3.8) is 0 Å². The average Bonchev–Trinajstić information content (AvgIpc) is 3.17. The SMILES string of the molecule is Cn1nc(C(F)(F)F)cc1C(=O)Nc1ncn(Cc2ccc(Cl)c(Cl)c2)n1. The maximum absolute atomic E-state index is 12.7. The van der Waals surface area contributed by atoms with Crippen LogP contribution in [0.4, 0.5) is 19.1 Å². The van der Waals surface area contributed by atoms with Crippen LogP contribution < -0.4 is 5.32 Å². The molecule has 1 aromatic carbocycles. The molecule has 2 heterocycles. The van der Waals surface area contributed by atoms with Crippen LogP contribution in [0.2, 0.25) is 10.0 Å². The number of nitrogens with one attached hydrogen (secondary N) is 1. The molecule has 2 aromatic heterocycles. The van der Waals surface area contributed by atoms with Gasteiger partial charge in [-0.25, -0.2) is 9.67 Å². The lowest BCUT2D eigenvalue weighted by molar-refractivity contribution is -0.141. The molecule has 0 spiro atoms. The Morgan fingerprint density at radius 3 is 2.56 bits per heavy atom. The second-order valence-electron chi connectivity index (χ2n) is 5.50. The number of halogens is 5. The second-order valence-corrected chi connectivity index (χ2v) is 6.32. The van der Waals surface area contributed by atoms with Gasteiger partial charge in [0.25, 0.3) is 5.91 Å². The molecule has 12 heteroatoms. The zero-order chi connectivity index (χ0) is 19.8. The number of anilines is 1. The predicted octanol–water partition coefficient (Wildman–Crippen LogP) is 3.64. The minimum absolute atomic E-state index is 0.0604. The molecule has 0 fully saturated rings. The Balaban J connectivity index is 1.71. The van der Waals surface area contributed by atoms with Gasteiger partial charge in [0, 0.05) is 13.1 Å². The Morgan fingerprint density at radius 1 is 1.19 bits per heavy atom. The van der Waals surface area contributed by atoms with Crippen molar-refractivity contribution < 1.29 is 18.0 Å². The highest BCUT2D eigenvalue weighted by atomic mass is 35.5. The normalized spacial score (nSPS) is 11.6. The third-order valence-electron chi connectivity index (χ3n) is 3.49. The van der Waals surface area contributed by atoms with Gasteiger partial charge in [-0.1, -0.05) is 29.3 Å². The lowest BCUT2D eigenvalue weighted by Crippen LogP contribution is -2.17. The van der Waals surface area contributed by atoms with E-state index in [1.165, 1.54) is 18.1 Å². The molecule has 0 unspecified atom stereocenters. The number of benzene rings is 1. The first-order valence-corrected chi connectivity index (χ1v) is 8.15. The summed E-state index contributed by atoms with van der Waals surface area (Å²) >= 11 is 11.8. The Kier molecular flexibility index (Phi) is 5.11. The maximum atomic E-state index is 12.7. The number of alkyl halides is 3. The van der Waals surface area contributed by atoms with Crippen LogP contribution in [0.15, 0.2) is 30.6 Å². The molecular weight excluding hydrogens is 408 g/mol. The first-order chi connectivity index (χ1) is 12.6. The van der Waals surface area contributed by atoms with Gasteiger partial charge in [-0.15, -0.1) is 5.10 Å². The number of hydrogen-bond donors (Lipinski definition) is 1. The van der Waals surface area contributed by atoms with Crippen LogP contribution in [0.1, 0.15) is 21.7 Å². The van der Waals surface area contributed by atoms with Crippen molar-refractivity contribution in [1.82, 2.24) is 24.5 Å². The number of carbonyl (C=O) groups is 1. The summed E-state index contributed by atoms with van der Waals surface area (Å²) in [4.78, 5) is 16.1. The number of amides is 1. The smallest absolute Gasteiger partial charge is 0.288 e. The van der Waals surface area contributed by atoms with Crippen molar-refractivity contribution in [2.75, 3.05) is 5.32 Å². The standard InChI is InChI=1S/C15H11Cl2F3N6O/c1-25-11(5-12(23-25)15(18,19)20)13(27)22-14-21-7-26(24-14)6-8-2-3-9(16)10(17)4-8/h2-5,7H,6H2,1H3,(H,22,24,27). The molecule has 0 aliphatic heterocycles. The number of carbonyl (C=O) groups excluding carboxylic acids is 1. The van der Waals surface area contributed by atoms with Crippen LogP contribution in [0.25, 0.3) is 0 Å². The van der Waals surface area contributed by atoms with Gasteiger partial charge < -0.3 is 0 Å². The molecule has 0 saturated carbocycles. The Morgan fingerprint density at radius 2 is 1.93 bits per heavy atom. The number of aromatic nitrogens is 5. The van der Waals surface area contributed by atoms with E-state index in [0.29, 0.717) is 22.7 Å². The van der Waals surface area contributed by atoms with E-state index in [-0.39, 0.29) is 11.6 Å². The minimum Gasteiger partial charge on any atom is -0.288 e. The van der Waals surface area contributed by atoms with E-state index in [1.807, 2.05) is 0 Å². The first-order valence-electron chi connectivity index (χ1n) is 7.39. The summed E-state index contributed by atoms with van der Waals surface area (Å²) in [7, 11) is 1.24. The van der Waals surface area contributed by atoms with E-state index in [2.05, 4.69) is 20.5 Å². The third kappa shape index (κ3) is 4.40. The maximum Gasteiger partial charge on any atom is 0.435 e. The van der Waals surface area contributed by atoms with Crippen molar-refractivity contribution >= 4 is 35.1 Å². The van der Waals surface area contributed by atoms with Gasteiger partial charge in [0.15, 0.2) is 5.69 Å². The van der Waals surface area contributed by atoms with E-state index in [9.17, 15) is 18.0 Å². The summed E-state index contributed by atoms with van der Waals surface area (Å²) in [6.07, 6.45) is -3.28. The highest BCUT2D eigenvalue weighted by Crippen LogP contribution is 2.28. The molecule has 0 atom stereocenters. The quantitative estimate of drug-likeness (QED) is 0.701. The number of rotatable bonds is 4. The molecule has 0 bridgehead atoms. The monoisotopic (exact) mass is 418 g/mol. The molecule has 3 rings (SSSR count). The fourth-order valence-corrected chi connectivity index (χ4v) is 2.56. The highest BCUT2D eigenvalue weighted by molar-refractivity contribution is 6.42. The van der Waals surface area contributed by atoms with Crippen LogP contribution in [0.5, 0.6) is 0 Å². The number of hydrogen-bond acceptors (Lipinski definition) is 4. The summed E-state index contributed by atoms with van der Waals surface area (Å²) < 4.78 is 40.3. The van der Waals surface area contributed by atoms with Gasteiger partial charge in [-0.05, 0) is 17.7 Å². The second kappa shape index (κ2) is 7.20. The molecule has 7 nitrogen and oxygen atoms in total. The van der Waals surface area contributed by atoms with Crippen LogP contribution >= 0.6 is 23.2 Å². The molecule has 0 radical (unpaired) electrons. The van der Waals surface area contributed by atoms with Gasteiger partial charge in [0.05, 0.1) is 16.6 Å². The van der Waals surface area contributed by atoms with Gasteiger partial charge in [-0.3, -0.25) is 14.8 Å². The molecule has 27 heavy (non-hydrogen) atoms. The van der Waals surface area contributed by atoms with Crippen molar-refractivity contribution in [3.8, 4) is 0 Å². The Hall–Kier alpha value is -2.59. The fraction of sp³-hybridized carbons (Fsp3) is 0.200. The molecular formula is C15H11Cl2F3N6O. The first kappa shape index (κ1) is 19.2. The lowest BCUT2D eigenvalue weighted by Gasteiger charge is -2.03. The highest BCUT2D eigenvalue weighted by Gasteiger charge is 2.35. The minimum atomic E-state index is -4.64. The summed E-state index contributed by atoms with van der Waals surface area (Å²) in [5, 5.41) is 10.5. The van der Waals surface area contributed by atoms with E-state index in [0.717, 1.165) is 10.2 Å². The van der Waals surface area contributed by atoms with Crippen LogP contribution in [-0.4, -0.2) is 30.5 Å². The molecule has 142 valence electrons. The van der Waals surface area contributed by atoms with Crippen LogP contribution in [0, 0.1) is 0 Å². The van der Waals surface area contributed by atoms with Gasteiger partial charge in [0.2, 0.25) is 5.95 Å². The Bertz CT molecular complexity index is 998. The summed E-state index contributed by atoms with van der Waals surface area (Å²) in [5.41, 5.74) is -0.634. The topological polar surface area (TPSA) is 77.6 Å². The van der Waals surface area contributed by atoms with Gasteiger partial charge >= 0.3 is 6.18 Å². The molecule has 0 saturated heterocycles. The van der Waals surface area contributed by atoms with E-state index >= 15 is 0 Å². The zero-order valence-electron chi connectivity index (χ0n) is 13.6. The van der Waals surface area contributed by atoms with Gasteiger partial charge in [-0.2, -0.15) is 18.3 Å². The molecule has 1 N–H and O–H groups in total. The molecule has 0 aliphatic carbocycles. The average molecular weight is 419 g/mol. The van der Waals surface area contributed by atoms with Crippen LogP contribution in [-0.2, 0) is 19.8 Å². The lowest BCUT2D eigenvalue weighted by atomic mass is 10.2. The number of aryl methyl sites for hydroxylation is 1. The van der Waals surface area contributed by atoms with Crippen molar-refractivity contribution in [2.45, 2.75) is 12.7 Å². The molecule has 3 aromatic rings. The summed E-state index contributed by atoms with van der Waals surface area (Å²) in [6.45, 7) is 0.309. The van der Waals surface area contributed by atoms with Crippen molar-refractivity contribution in [3.05, 3.63) is 57.6 Å². The largest absolute Gasteiger partial charge is 0.435 e. The predicted molar refractivity (Wildman–Crippen MR) is 91.7 cm³/mol. The fourth-order valence-electron chi connectivity index (χ4n) is 2.24. The van der Waals surface area contributed by atoms with E-state index in [1.54, 1.807) is 18.2 Å². The molecule has 0 aliphatic rings. The third-order valence-corrected chi connectivity index (χ3v) is 4.23. The van der Waals surface area contributed by atoms with Crippen LogP contribution in [0.3, 0.4) is 0 Å². The van der Waals surface area contributed by atoms with E-state index < -0.39 is 17.8 Å². The Labute approximate surface area is 160 Å². The summed E-state index contributed by atoms with van der Waals surface area (Å²) in [5.74, 6) is -0.873.